The number of carbonyl (C=O) groups excluding carboxylic acids is 2. The fraction of sp³-hybridized carbons (Fsp3) is 0.579. The summed E-state index contributed by atoms with van der Waals surface area (Å²) in [5.41, 5.74) is 3.16. The lowest BCUT2D eigenvalue weighted by Gasteiger charge is -2.34. The minimum Gasteiger partial charge on any atom is -0.494 e. The van der Waals surface area contributed by atoms with Crippen molar-refractivity contribution in [2.45, 2.75) is 51.6 Å². The molecule has 1 unspecified atom stereocenters. The van der Waals surface area contributed by atoms with Crippen LogP contribution in [-0.4, -0.2) is 42.5 Å². The molecule has 1 aromatic rings. The topological polar surface area (TPSA) is 96.7 Å². The normalized spacial score (nSPS) is 17.6. The minimum absolute atomic E-state index is 0.0515. The first kappa shape index (κ1) is 20.2. The summed E-state index contributed by atoms with van der Waals surface area (Å²) < 4.78 is 5.83. The Morgan fingerprint density at radius 2 is 2.23 bits per heavy atom. The number of carbonyl (C=O) groups is 2. The van der Waals surface area contributed by atoms with Crippen molar-refractivity contribution in [3.8, 4) is 5.75 Å². The van der Waals surface area contributed by atoms with Crippen LogP contribution in [0.5, 0.6) is 5.75 Å². The largest absolute Gasteiger partial charge is 0.494 e. The number of piperazine rings is 1. The highest BCUT2D eigenvalue weighted by molar-refractivity contribution is 5.88. The van der Waals surface area contributed by atoms with Crippen LogP contribution in [-0.2, 0) is 16.1 Å². The highest BCUT2D eigenvalue weighted by Gasteiger charge is 2.31. The van der Waals surface area contributed by atoms with Crippen molar-refractivity contribution in [1.29, 1.82) is 0 Å². The van der Waals surface area contributed by atoms with Crippen LogP contribution in [0.25, 0.3) is 0 Å². The van der Waals surface area contributed by atoms with E-state index in [4.69, 9.17) is 10.6 Å². The molecule has 0 radical (unpaired) electrons. The molecular formula is C19H30N4O3. The molecule has 1 aliphatic heterocycles. The van der Waals surface area contributed by atoms with Crippen molar-refractivity contribution in [3.05, 3.63) is 29.8 Å². The van der Waals surface area contributed by atoms with Gasteiger partial charge in [0.25, 0.3) is 0 Å². The molecule has 1 heterocycles. The van der Waals surface area contributed by atoms with E-state index < -0.39 is 6.04 Å². The van der Waals surface area contributed by atoms with Crippen LogP contribution in [0.1, 0.15) is 44.6 Å². The summed E-state index contributed by atoms with van der Waals surface area (Å²) in [6, 6.07) is 7.42. The number of hydrogen-bond donors (Lipinski definition) is 3. The average Bonchev–Trinajstić information content (AvgIpc) is 2.64. The number of amides is 2. The van der Waals surface area contributed by atoms with Crippen molar-refractivity contribution < 1.29 is 14.3 Å². The Kier molecular flexibility index (Phi) is 8.37. The Hall–Kier alpha value is -2.12. The number of nitrogens with two attached hydrogens (primary N) is 1. The Balaban J connectivity index is 1.94. The van der Waals surface area contributed by atoms with Crippen LogP contribution >= 0.6 is 0 Å². The van der Waals surface area contributed by atoms with Gasteiger partial charge in [0.05, 0.1) is 19.1 Å². The second-order valence-corrected chi connectivity index (χ2v) is 6.61. The van der Waals surface area contributed by atoms with E-state index in [0.717, 1.165) is 24.3 Å². The minimum atomic E-state index is -0.508. The Morgan fingerprint density at radius 3 is 3.00 bits per heavy atom. The second-order valence-electron chi connectivity index (χ2n) is 6.61. The highest BCUT2D eigenvalue weighted by Crippen LogP contribution is 2.18. The number of nitrogens with zero attached hydrogens (tertiary/aromatic N) is 1. The molecule has 0 aliphatic carbocycles. The quantitative estimate of drug-likeness (QED) is 0.252. The van der Waals surface area contributed by atoms with Gasteiger partial charge < -0.3 is 10.1 Å². The summed E-state index contributed by atoms with van der Waals surface area (Å²) in [6.07, 6.45) is 4.74. The molecule has 1 fully saturated rings. The molecule has 1 saturated heterocycles. The fourth-order valence-electron chi connectivity index (χ4n) is 3.09. The highest BCUT2D eigenvalue weighted by atomic mass is 16.5. The van der Waals surface area contributed by atoms with E-state index in [-0.39, 0.29) is 18.2 Å². The lowest BCUT2D eigenvalue weighted by Crippen LogP contribution is -2.56. The zero-order chi connectivity index (χ0) is 18.8. The molecule has 0 bridgehead atoms. The van der Waals surface area contributed by atoms with Crippen molar-refractivity contribution in [2.75, 3.05) is 19.7 Å². The van der Waals surface area contributed by atoms with E-state index in [1.165, 1.54) is 19.3 Å². The third kappa shape index (κ3) is 6.31. The van der Waals surface area contributed by atoms with Crippen molar-refractivity contribution in [2.24, 2.45) is 5.84 Å². The van der Waals surface area contributed by atoms with E-state index in [2.05, 4.69) is 17.7 Å². The van der Waals surface area contributed by atoms with Gasteiger partial charge in [-0.3, -0.25) is 19.9 Å². The Morgan fingerprint density at radius 1 is 1.38 bits per heavy atom. The van der Waals surface area contributed by atoms with Gasteiger partial charge in [-0.05, 0) is 24.1 Å². The average molecular weight is 362 g/mol. The van der Waals surface area contributed by atoms with Gasteiger partial charge in [0, 0.05) is 19.6 Å². The van der Waals surface area contributed by atoms with Gasteiger partial charge in [0.1, 0.15) is 5.75 Å². The van der Waals surface area contributed by atoms with E-state index in [1.807, 2.05) is 29.2 Å². The maximum Gasteiger partial charge on any atom is 0.237 e. The Labute approximate surface area is 155 Å². The predicted octanol–water partition coefficient (Wildman–Crippen LogP) is 1.33. The molecular weight excluding hydrogens is 332 g/mol. The number of nitrogens with one attached hydrogen (secondary N) is 2. The van der Waals surface area contributed by atoms with Crippen LogP contribution in [0.3, 0.4) is 0 Å². The number of unbranched alkanes of at least 4 members (excludes halogenated alkanes) is 3. The van der Waals surface area contributed by atoms with Crippen LogP contribution in [0, 0.1) is 0 Å². The van der Waals surface area contributed by atoms with Gasteiger partial charge in [-0.1, -0.05) is 38.3 Å². The smallest absolute Gasteiger partial charge is 0.237 e. The molecule has 2 amide bonds. The first-order valence-electron chi connectivity index (χ1n) is 9.37. The molecule has 4 N–H and O–H groups in total. The van der Waals surface area contributed by atoms with Gasteiger partial charge in [0.15, 0.2) is 0 Å². The molecule has 7 heteroatoms. The summed E-state index contributed by atoms with van der Waals surface area (Å²) in [6.45, 7) is 4.76. The molecule has 7 nitrogen and oxygen atoms in total. The molecule has 1 aromatic carbocycles. The summed E-state index contributed by atoms with van der Waals surface area (Å²) in [7, 11) is 0. The van der Waals surface area contributed by atoms with E-state index >= 15 is 0 Å². The summed E-state index contributed by atoms with van der Waals surface area (Å²) >= 11 is 0. The molecule has 26 heavy (non-hydrogen) atoms. The van der Waals surface area contributed by atoms with Crippen molar-refractivity contribution in [1.82, 2.24) is 15.6 Å². The monoisotopic (exact) mass is 362 g/mol. The van der Waals surface area contributed by atoms with E-state index in [1.54, 1.807) is 0 Å². The molecule has 2 rings (SSSR count). The lowest BCUT2D eigenvalue weighted by atomic mass is 10.1. The zero-order valence-corrected chi connectivity index (χ0v) is 15.5. The van der Waals surface area contributed by atoms with Crippen molar-refractivity contribution in [3.63, 3.8) is 0 Å². The molecule has 0 spiro atoms. The summed E-state index contributed by atoms with van der Waals surface area (Å²) in [4.78, 5) is 25.8. The molecule has 1 aliphatic rings. The van der Waals surface area contributed by atoms with Gasteiger partial charge in [-0.15, -0.1) is 0 Å². The maximum absolute atomic E-state index is 12.1. The van der Waals surface area contributed by atoms with Crippen LogP contribution in [0.2, 0.25) is 0 Å². The maximum atomic E-state index is 12.1. The van der Waals surface area contributed by atoms with E-state index in [9.17, 15) is 9.59 Å². The van der Waals surface area contributed by atoms with E-state index in [0.29, 0.717) is 19.6 Å². The standard InChI is InChI=1S/C19H30N4O3/c1-2-3-4-5-11-26-16-8-6-7-15(12-16)14-23-10-9-21-19(25)17(23)13-18(24)22-20/h6-8,12,17H,2-5,9-11,13-14,20H2,1H3,(H,21,25)(H,22,24). The van der Waals surface area contributed by atoms with Gasteiger partial charge >= 0.3 is 0 Å². The Bertz CT molecular complexity index is 594. The van der Waals surface area contributed by atoms with Crippen molar-refractivity contribution >= 4 is 11.8 Å². The number of benzene rings is 1. The SMILES string of the molecule is CCCCCCOc1cccc(CN2CCNC(=O)C2CC(=O)NN)c1. The van der Waals surface area contributed by atoms with Crippen LogP contribution in [0.4, 0.5) is 0 Å². The lowest BCUT2D eigenvalue weighted by molar-refractivity contribution is -0.134. The summed E-state index contributed by atoms with van der Waals surface area (Å²) in [5.74, 6) is 5.53. The number of ether oxygens (including phenoxy) is 1. The number of hydrazine groups is 1. The van der Waals surface area contributed by atoms with Gasteiger partial charge in [0.2, 0.25) is 11.8 Å². The summed E-state index contributed by atoms with van der Waals surface area (Å²) in [5, 5.41) is 2.81. The third-order valence-electron chi connectivity index (χ3n) is 4.53. The molecule has 0 saturated carbocycles. The third-order valence-corrected chi connectivity index (χ3v) is 4.53. The van der Waals surface area contributed by atoms with Crippen LogP contribution in [0.15, 0.2) is 24.3 Å². The number of hydrogen-bond acceptors (Lipinski definition) is 5. The molecule has 144 valence electrons. The number of rotatable bonds is 10. The van der Waals surface area contributed by atoms with Gasteiger partial charge in [-0.25, -0.2) is 5.84 Å². The fourth-order valence-corrected chi connectivity index (χ4v) is 3.09. The van der Waals surface area contributed by atoms with Gasteiger partial charge in [-0.2, -0.15) is 0 Å². The first-order valence-corrected chi connectivity index (χ1v) is 9.37. The first-order chi connectivity index (χ1) is 12.6. The predicted molar refractivity (Wildman–Crippen MR) is 100 cm³/mol. The molecule has 0 aromatic heterocycles. The van der Waals surface area contributed by atoms with Crippen LogP contribution < -0.4 is 21.3 Å². The molecule has 1 atom stereocenters. The zero-order valence-electron chi connectivity index (χ0n) is 15.5. The second kappa shape index (κ2) is 10.8.